The molecule has 3 aromatic rings. The molecule has 0 saturated heterocycles. The fraction of sp³-hybridized carbons (Fsp3) is 0.394. The van der Waals surface area contributed by atoms with E-state index >= 15 is 0 Å². The second-order valence-electron chi connectivity index (χ2n) is 10.8. The van der Waals surface area contributed by atoms with Crippen molar-refractivity contribution in [2.24, 2.45) is 0 Å². The molecule has 0 heterocycles. The Balaban J connectivity index is 1.72. The van der Waals surface area contributed by atoms with E-state index in [1.807, 2.05) is 44.2 Å². The number of sulfonamides is 1. The predicted molar refractivity (Wildman–Crippen MR) is 167 cm³/mol. The Labute approximate surface area is 254 Å². The first-order chi connectivity index (χ1) is 20.7. The van der Waals surface area contributed by atoms with E-state index in [0.29, 0.717) is 17.9 Å². The fourth-order valence-electron chi connectivity index (χ4n) is 5.41. The Morgan fingerprint density at radius 2 is 1.58 bits per heavy atom. The summed E-state index contributed by atoms with van der Waals surface area (Å²) in [6.07, 6.45) is 4.34. The maximum Gasteiger partial charge on any atom is 0.264 e. The highest BCUT2D eigenvalue weighted by molar-refractivity contribution is 7.92. The zero-order valence-electron chi connectivity index (χ0n) is 25.3. The number of methoxy groups -OCH3 is 2. The molecule has 43 heavy (non-hydrogen) atoms. The predicted octanol–water partition coefficient (Wildman–Crippen LogP) is 5.07. The Bertz CT molecular complexity index is 1490. The SMILES string of the molecule is CCC(C(=O)NC1CCCC1)N(Cc1ccccc1)C(=O)CN(c1ccc(C)cc1)S(=O)(=O)c1ccc(OC)c(OC)c1. The number of amides is 2. The molecule has 1 N–H and O–H groups in total. The normalized spacial score (nSPS) is 14.1. The number of benzene rings is 3. The van der Waals surface area contributed by atoms with E-state index in [9.17, 15) is 18.0 Å². The third-order valence-corrected chi connectivity index (χ3v) is 9.60. The van der Waals surface area contributed by atoms with Crippen LogP contribution in [0.5, 0.6) is 11.5 Å². The van der Waals surface area contributed by atoms with Gasteiger partial charge in [0.2, 0.25) is 11.8 Å². The lowest BCUT2D eigenvalue weighted by Gasteiger charge is -2.33. The number of hydrogen-bond acceptors (Lipinski definition) is 6. The minimum atomic E-state index is -4.25. The zero-order valence-corrected chi connectivity index (χ0v) is 26.1. The van der Waals surface area contributed by atoms with Gasteiger partial charge >= 0.3 is 0 Å². The van der Waals surface area contributed by atoms with Gasteiger partial charge in [-0.15, -0.1) is 0 Å². The minimum absolute atomic E-state index is 0.0563. The van der Waals surface area contributed by atoms with E-state index in [1.54, 1.807) is 24.3 Å². The molecule has 2 amide bonds. The molecule has 0 spiro atoms. The van der Waals surface area contributed by atoms with E-state index < -0.39 is 28.5 Å². The highest BCUT2D eigenvalue weighted by atomic mass is 32.2. The van der Waals surface area contributed by atoms with Crippen molar-refractivity contribution in [2.75, 3.05) is 25.1 Å². The van der Waals surface area contributed by atoms with Crippen molar-refractivity contribution < 1.29 is 27.5 Å². The zero-order chi connectivity index (χ0) is 31.0. The van der Waals surface area contributed by atoms with E-state index in [0.717, 1.165) is 41.1 Å². The highest BCUT2D eigenvalue weighted by Gasteiger charge is 2.35. The summed E-state index contributed by atoms with van der Waals surface area (Å²) in [5.41, 5.74) is 2.11. The number of nitrogens with one attached hydrogen (secondary N) is 1. The van der Waals surface area contributed by atoms with Crippen LogP contribution in [0.1, 0.15) is 50.2 Å². The summed E-state index contributed by atoms with van der Waals surface area (Å²) in [4.78, 5) is 29.2. The Morgan fingerprint density at radius 1 is 0.930 bits per heavy atom. The fourth-order valence-corrected chi connectivity index (χ4v) is 6.84. The molecule has 1 aliphatic rings. The van der Waals surface area contributed by atoms with Gasteiger partial charge in [0.1, 0.15) is 12.6 Å². The van der Waals surface area contributed by atoms with Crippen LogP contribution in [0.3, 0.4) is 0 Å². The van der Waals surface area contributed by atoms with Crippen molar-refractivity contribution >= 4 is 27.5 Å². The molecular weight excluding hydrogens is 566 g/mol. The van der Waals surface area contributed by atoms with Crippen molar-refractivity contribution in [3.05, 3.63) is 83.9 Å². The second kappa shape index (κ2) is 14.4. The van der Waals surface area contributed by atoms with Gasteiger partial charge in [-0.3, -0.25) is 13.9 Å². The number of carbonyl (C=O) groups is 2. The highest BCUT2D eigenvalue weighted by Crippen LogP contribution is 2.32. The summed E-state index contributed by atoms with van der Waals surface area (Å²) in [6.45, 7) is 3.43. The smallest absolute Gasteiger partial charge is 0.264 e. The monoisotopic (exact) mass is 607 g/mol. The van der Waals surface area contributed by atoms with Crippen LogP contribution in [-0.2, 0) is 26.2 Å². The molecule has 0 bridgehead atoms. The standard InChI is InChI=1S/C33H41N3O6S/c1-5-29(33(38)34-26-13-9-10-14-26)35(22-25-11-7-6-8-12-25)32(37)23-36(27-17-15-24(2)16-18-27)43(39,40)28-19-20-30(41-3)31(21-28)42-4/h6-8,11-12,15-21,26,29H,5,9-10,13-14,22-23H2,1-4H3,(H,34,38). The molecule has 9 nitrogen and oxygen atoms in total. The second-order valence-corrected chi connectivity index (χ2v) is 12.6. The van der Waals surface area contributed by atoms with E-state index in [1.165, 1.54) is 37.3 Å². The average molecular weight is 608 g/mol. The van der Waals surface area contributed by atoms with Gasteiger partial charge in [-0.1, -0.05) is 67.8 Å². The number of anilines is 1. The maximum absolute atomic E-state index is 14.2. The van der Waals surface area contributed by atoms with Crippen LogP contribution in [0.2, 0.25) is 0 Å². The summed E-state index contributed by atoms with van der Waals surface area (Å²) in [6, 6.07) is 20.0. The molecule has 1 aliphatic carbocycles. The van der Waals surface area contributed by atoms with Gasteiger partial charge in [0, 0.05) is 18.7 Å². The number of rotatable bonds is 13. The van der Waals surface area contributed by atoms with Crippen molar-refractivity contribution in [1.29, 1.82) is 0 Å². The van der Waals surface area contributed by atoms with Crippen LogP contribution in [0.25, 0.3) is 0 Å². The molecule has 0 aliphatic heterocycles. The van der Waals surface area contributed by atoms with Gasteiger partial charge in [-0.25, -0.2) is 8.42 Å². The molecule has 4 rings (SSSR count). The van der Waals surface area contributed by atoms with E-state index in [2.05, 4.69) is 5.32 Å². The first kappa shape index (κ1) is 31.9. The summed E-state index contributed by atoms with van der Waals surface area (Å²) < 4.78 is 40.1. The van der Waals surface area contributed by atoms with Crippen LogP contribution in [0, 0.1) is 6.92 Å². The largest absolute Gasteiger partial charge is 0.493 e. The van der Waals surface area contributed by atoms with E-state index in [4.69, 9.17) is 9.47 Å². The first-order valence-electron chi connectivity index (χ1n) is 14.6. The third kappa shape index (κ3) is 7.67. The van der Waals surface area contributed by atoms with Crippen LogP contribution in [0.4, 0.5) is 5.69 Å². The quantitative estimate of drug-likeness (QED) is 0.291. The average Bonchev–Trinajstić information content (AvgIpc) is 3.53. The third-order valence-electron chi connectivity index (χ3n) is 7.83. The van der Waals surface area contributed by atoms with Gasteiger partial charge in [-0.05, 0) is 56.0 Å². The number of aryl methyl sites for hydroxylation is 1. The summed E-state index contributed by atoms with van der Waals surface area (Å²) >= 11 is 0. The Hall–Kier alpha value is -4.05. The number of nitrogens with zero attached hydrogens (tertiary/aromatic N) is 2. The molecule has 10 heteroatoms. The Kier molecular flexibility index (Phi) is 10.7. The van der Waals surface area contributed by atoms with Crippen molar-refractivity contribution in [3.8, 4) is 11.5 Å². The minimum Gasteiger partial charge on any atom is -0.493 e. The number of hydrogen-bond donors (Lipinski definition) is 1. The molecule has 0 radical (unpaired) electrons. The lowest BCUT2D eigenvalue weighted by Crippen LogP contribution is -2.53. The first-order valence-corrected chi connectivity index (χ1v) is 16.1. The summed E-state index contributed by atoms with van der Waals surface area (Å²) in [5, 5.41) is 3.13. The molecule has 1 fully saturated rings. The van der Waals surface area contributed by atoms with Crippen molar-refractivity contribution in [2.45, 2.75) is 69.5 Å². The van der Waals surface area contributed by atoms with Crippen LogP contribution in [-0.4, -0.2) is 58.0 Å². The molecule has 1 saturated carbocycles. The van der Waals surface area contributed by atoms with Crippen molar-refractivity contribution in [3.63, 3.8) is 0 Å². The number of carbonyl (C=O) groups excluding carboxylic acids is 2. The maximum atomic E-state index is 14.2. The van der Waals surface area contributed by atoms with Gasteiger partial charge in [0.25, 0.3) is 10.0 Å². The molecule has 3 aromatic carbocycles. The van der Waals surface area contributed by atoms with Crippen LogP contribution in [0.15, 0.2) is 77.7 Å². The Morgan fingerprint density at radius 3 is 2.19 bits per heavy atom. The van der Waals surface area contributed by atoms with Crippen molar-refractivity contribution in [1.82, 2.24) is 10.2 Å². The lowest BCUT2D eigenvalue weighted by molar-refractivity contribution is -0.140. The molecule has 1 unspecified atom stereocenters. The summed E-state index contributed by atoms with van der Waals surface area (Å²) in [5.74, 6) is -0.0724. The molecule has 0 aromatic heterocycles. The van der Waals surface area contributed by atoms with Crippen LogP contribution < -0.4 is 19.1 Å². The molecule has 230 valence electrons. The molecule has 1 atom stereocenters. The topological polar surface area (TPSA) is 105 Å². The van der Waals surface area contributed by atoms with E-state index in [-0.39, 0.29) is 29.1 Å². The van der Waals surface area contributed by atoms with Gasteiger partial charge in [0.15, 0.2) is 11.5 Å². The molecular formula is C33H41N3O6S. The summed E-state index contributed by atoms with van der Waals surface area (Å²) in [7, 11) is -1.35. The van der Waals surface area contributed by atoms with Gasteiger partial charge < -0.3 is 19.7 Å². The van der Waals surface area contributed by atoms with Gasteiger partial charge in [0.05, 0.1) is 24.8 Å². The van der Waals surface area contributed by atoms with Crippen LogP contribution >= 0.6 is 0 Å². The van der Waals surface area contributed by atoms with Gasteiger partial charge in [-0.2, -0.15) is 0 Å². The lowest BCUT2D eigenvalue weighted by atomic mass is 10.1. The number of ether oxygens (including phenoxy) is 2.